The summed E-state index contributed by atoms with van der Waals surface area (Å²) < 4.78 is 0. The van der Waals surface area contributed by atoms with Crippen molar-refractivity contribution in [3.05, 3.63) is 35.4 Å². The Hall–Kier alpha value is -1.33. The summed E-state index contributed by atoms with van der Waals surface area (Å²) >= 11 is 0. The zero-order valence-electron chi connectivity index (χ0n) is 10.2. The smallest absolute Gasteiger partial charge is 0.0991 e. The zero-order valence-corrected chi connectivity index (χ0v) is 10.2. The molecule has 1 aromatic carbocycles. The van der Waals surface area contributed by atoms with Crippen LogP contribution in [-0.4, -0.2) is 5.11 Å². The third-order valence-electron chi connectivity index (χ3n) is 3.36. The molecule has 2 nitrogen and oxygen atoms in total. The zero-order chi connectivity index (χ0) is 12.2. The van der Waals surface area contributed by atoms with Gasteiger partial charge in [-0.15, -0.1) is 0 Å². The van der Waals surface area contributed by atoms with Gasteiger partial charge in [-0.1, -0.05) is 38.8 Å². The van der Waals surface area contributed by atoms with Crippen LogP contribution in [-0.2, 0) is 5.60 Å². The summed E-state index contributed by atoms with van der Waals surface area (Å²) in [6.45, 7) is 5.99. The van der Waals surface area contributed by atoms with E-state index in [-0.39, 0.29) is 5.92 Å². The lowest BCUT2D eigenvalue weighted by Crippen LogP contribution is -2.31. The Morgan fingerprint density at radius 2 is 2.00 bits per heavy atom. The van der Waals surface area contributed by atoms with Crippen LogP contribution in [0.25, 0.3) is 0 Å². The molecule has 2 heteroatoms. The topological polar surface area (TPSA) is 44.0 Å². The van der Waals surface area contributed by atoms with Crippen molar-refractivity contribution in [2.24, 2.45) is 5.92 Å². The van der Waals surface area contributed by atoms with Crippen LogP contribution in [0.5, 0.6) is 0 Å². The summed E-state index contributed by atoms with van der Waals surface area (Å²) in [4.78, 5) is 0. The molecule has 1 atom stereocenters. The normalized spacial score (nSPS) is 14.5. The molecule has 0 saturated heterocycles. The van der Waals surface area contributed by atoms with Gasteiger partial charge in [0.15, 0.2) is 0 Å². The summed E-state index contributed by atoms with van der Waals surface area (Å²) in [6, 6.07) is 9.35. The predicted molar refractivity (Wildman–Crippen MR) is 64.8 cm³/mol. The van der Waals surface area contributed by atoms with Gasteiger partial charge in [-0.3, -0.25) is 0 Å². The van der Waals surface area contributed by atoms with E-state index in [0.29, 0.717) is 5.56 Å². The van der Waals surface area contributed by atoms with Gasteiger partial charge in [0.25, 0.3) is 0 Å². The minimum atomic E-state index is -0.851. The highest BCUT2D eigenvalue weighted by Gasteiger charge is 2.31. The van der Waals surface area contributed by atoms with E-state index in [9.17, 15) is 5.11 Å². The molecule has 1 N–H and O–H groups in total. The number of nitriles is 1. The molecule has 0 heterocycles. The largest absolute Gasteiger partial charge is 0.385 e. The number of rotatable bonds is 4. The lowest BCUT2D eigenvalue weighted by Gasteiger charge is -2.32. The molecule has 0 saturated carbocycles. The van der Waals surface area contributed by atoms with Gasteiger partial charge in [0.05, 0.1) is 17.2 Å². The summed E-state index contributed by atoms with van der Waals surface area (Å²) in [7, 11) is 0. The maximum atomic E-state index is 10.6. The molecule has 16 heavy (non-hydrogen) atoms. The SMILES string of the molecule is CCC(CC)C(C)(O)c1cccc(C#N)c1. The third-order valence-corrected chi connectivity index (χ3v) is 3.36. The molecule has 0 fully saturated rings. The fourth-order valence-corrected chi connectivity index (χ4v) is 2.22. The molecule has 0 amide bonds. The first kappa shape index (κ1) is 12.7. The lowest BCUT2D eigenvalue weighted by atomic mass is 9.79. The number of hydrogen-bond acceptors (Lipinski definition) is 2. The fourth-order valence-electron chi connectivity index (χ4n) is 2.22. The van der Waals surface area contributed by atoms with Crippen LogP contribution in [0.2, 0.25) is 0 Å². The van der Waals surface area contributed by atoms with Crippen LogP contribution in [0, 0.1) is 17.2 Å². The molecular weight excluding hydrogens is 198 g/mol. The van der Waals surface area contributed by atoms with Crippen molar-refractivity contribution in [2.45, 2.75) is 39.2 Å². The second-order valence-corrected chi connectivity index (χ2v) is 4.35. The Morgan fingerprint density at radius 1 is 1.38 bits per heavy atom. The minimum absolute atomic E-state index is 0.224. The Bertz CT molecular complexity index is 386. The summed E-state index contributed by atoms with van der Waals surface area (Å²) in [5, 5.41) is 19.4. The van der Waals surface area contributed by atoms with Crippen molar-refractivity contribution in [3.8, 4) is 6.07 Å². The van der Waals surface area contributed by atoms with Gasteiger partial charge >= 0.3 is 0 Å². The Labute approximate surface area is 97.5 Å². The van der Waals surface area contributed by atoms with Gasteiger partial charge in [0.2, 0.25) is 0 Å². The molecule has 0 radical (unpaired) electrons. The van der Waals surface area contributed by atoms with E-state index in [1.807, 2.05) is 19.1 Å². The highest BCUT2D eigenvalue weighted by molar-refractivity contribution is 5.35. The summed E-state index contributed by atoms with van der Waals surface area (Å²) in [5.41, 5.74) is 0.583. The fraction of sp³-hybridized carbons (Fsp3) is 0.500. The number of aliphatic hydroxyl groups is 1. The molecular formula is C14H19NO. The van der Waals surface area contributed by atoms with E-state index < -0.39 is 5.60 Å². The number of nitrogens with zero attached hydrogens (tertiary/aromatic N) is 1. The molecule has 0 aliphatic heterocycles. The van der Waals surface area contributed by atoms with E-state index in [1.54, 1.807) is 12.1 Å². The highest BCUT2D eigenvalue weighted by atomic mass is 16.3. The minimum Gasteiger partial charge on any atom is -0.385 e. The average molecular weight is 217 g/mol. The van der Waals surface area contributed by atoms with E-state index in [1.165, 1.54) is 0 Å². The monoisotopic (exact) mass is 217 g/mol. The summed E-state index contributed by atoms with van der Waals surface area (Å²) in [6.07, 6.45) is 1.86. The molecule has 1 rings (SSSR count). The van der Waals surface area contributed by atoms with Crippen molar-refractivity contribution in [1.29, 1.82) is 5.26 Å². The first-order valence-electron chi connectivity index (χ1n) is 5.79. The van der Waals surface area contributed by atoms with E-state index in [2.05, 4.69) is 19.9 Å². The second kappa shape index (κ2) is 5.14. The Kier molecular flexibility index (Phi) is 4.09. The molecule has 86 valence electrons. The van der Waals surface area contributed by atoms with Crippen LogP contribution in [0.15, 0.2) is 24.3 Å². The lowest BCUT2D eigenvalue weighted by molar-refractivity contribution is -0.00951. The molecule has 1 unspecified atom stereocenters. The standard InChI is InChI=1S/C14H19NO/c1-4-12(5-2)14(3,16)13-8-6-7-11(9-13)10-15/h6-9,12,16H,4-5H2,1-3H3. The molecule has 1 aromatic rings. The maximum absolute atomic E-state index is 10.6. The Balaban J connectivity index is 3.10. The number of benzene rings is 1. The van der Waals surface area contributed by atoms with Crippen LogP contribution in [0.1, 0.15) is 44.7 Å². The van der Waals surface area contributed by atoms with E-state index in [4.69, 9.17) is 5.26 Å². The molecule has 0 spiro atoms. The first-order valence-corrected chi connectivity index (χ1v) is 5.79. The van der Waals surface area contributed by atoms with Gasteiger partial charge < -0.3 is 5.11 Å². The second-order valence-electron chi connectivity index (χ2n) is 4.35. The van der Waals surface area contributed by atoms with Crippen LogP contribution >= 0.6 is 0 Å². The third kappa shape index (κ3) is 2.43. The first-order chi connectivity index (χ1) is 7.56. The van der Waals surface area contributed by atoms with Crippen LogP contribution in [0.3, 0.4) is 0 Å². The van der Waals surface area contributed by atoms with Crippen molar-refractivity contribution in [2.75, 3.05) is 0 Å². The predicted octanol–water partition coefficient (Wildman–Crippen LogP) is 3.20. The molecule has 0 aliphatic rings. The van der Waals surface area contributed by atoms with Crippen LogP contribution < -0.4 is 0 Å². The average Bonchev–Trinajstić information content (AvgIpc) is 2.30. The van der Waals surface area contributed by atoms with Crippen molar-refractivity contribution < 1.29 is 5.11 Å². The number of hydrogen-bond donors (Lipinski definition) is 1. The van der Waals surface area contributed by atoms with Crippen molar-refractivity contribution in [1.82, 2.24) is 0 Å². The van der Waals surface area contributed by atoms with E-state index >= 15 is 0 Å². The maximum Gasteiger partial charge on any atom is 0.0991 e. The van der Waals surface area contributed by atoms with Gasteiger partial charge in [-0.2, -0.15) is 5.26 Å². The summed E-state index contributed by atoms with van der Waals surface area (Å²) in [5.74, 6) is 0.224. The molecule has 0 aromatic heterocycles. The highest BCUT2D eigenvalue weighted by Crippen LogP contribution is 2.33. The van der Waals surface area contributed by atoms with Crippen molar-refractivity contribution >= 4 is 0 Å². The Morgan fingerprint density at radius 3 is 2.50 bits per heavy atom. The van der Waals surface area contributed by atoms with Crippen molar-refractivity contribution in [3.63, 3.8) is 0 Å². The van der Waals surface area contributed by atoms with Gasteiger partial charge in [-0.05, 0) is 30.5 Å². The van der Waals surface area contributed by atoms with Gasteiger partial charge in [0.1, 0.15) is 0 Å². The van der Waals surface area contributed by atoms with Crippen LogP contribution in [0.4, 0.5) is 0 Å². The van der Waals surface area contributed by atoms with Gasteiger partial charge in [0, 0.05) is 0 Å². The quantitative estimate of drug-likeness (QED) is 0.841. The van der Waals surface area contributed by atoms with E-state index in [0.717, 1.165) is 18.4 Å². The molecule has 0 bridgehead atoms. The molecule has 0 aliphatic carbocycles. The van der Waals surface area contributed by atoms with Gasteiger partial charge in [-0.25, -0.2) is 0 Å².